The number of carbonyl (C=O) groups excluding carboxylic acids is 1. The number of thioether (sulfide) groups is 1. The molecule has 0 bridgehead atoms. The molecule has 3 nitrogen and oxygen atoms in total. The predicted molar refractivity (Wildman–Crippen MR) is 89.8 cm³/mol. The Hall–Kier alpha value is -0.220. The normalized spacial score (nSPS) is 30.5. The van der Waals surface area contributed by atoms with Crippen LogP contribution in [0.4, 0.5) is 0 Å². The van der Waals surface area contributed by atoms with Gasteiger partial charge in [-0.1, -0.05) is 19.8 Å². The molecule has 0 aromatic carbocycles. The molecular formula is C17H31NO2S. The zero-order valence-corrected chi connectivity index (χ0v) is 14.5. The minimum atomic E-state index is -0.416. The van der Waals surface area contributed by atoms with Gasteiger partial charge in [0.25, 0.3) is 0 Å². The molecule has 0 saturated heterocycles. The summed E-state index contributed by atoms with van der Waals surface area (Å²) in [6, 6.07) is 0. The molecule has 2 rings (SSSR count). The molecule has 2 saturated carbocycles. The lowest BCUT2D eigenvalue weighted by atomic mass is 9.81. The number of carbonyl (C=O) groups is 1. The van der Waals surface area contributed by atoms with E-state index in [4.69, 9.17) is 4.74 Å². The highest BCUT2D eigenvalue weighted by molar-refractivity contribution is 8.00. The summed E-state index contributed by atoms with van der Waals surface area (Å²) in [5.41, 5.74) is -0.416. The van der Waals surface area contributed by atoms with Crippen molar-refractivity contribution in [3.63, 3.8) is 0 Å². The lowest BCUT2D eigenvalue weighted by Crippen LogP contribution is -2.56. The maximum absolute atomic E-state index is 12.5. The molecule has 0 aromatic rings. The van der Waals surface area contributed by atoms with E-state index in [0.717, 1.165) is 37.5 Å². The zero-order chi connectivity index (χ0) is 15.1. The van der Waals surface area contributed by atoms with Crippen LogP contribution in [0.2, 0.25) is 0 Å². The molecule has 2 fully saturated rings. The molecule has 4 heteroatoms. The molecular weight excluding hydrogens is 282 g/mol. The van der Waals surface area contributed by atoms with Gasteiger partial charge >= 0.3 is 5.97 Å². The standard InChI is InChI=1S/C17H31NO2S/c1-3-12-18-17(16(19)20-4-2)11-7-10-15(13-17)21-14-8-5-6-9-14/h14-15,18H,3-13H2,1-2H3. The van der Waals surface area contributed by atoms with Crippen LogP contribution in [0.3, 0.4) is 0 Å². The Morgan fingerprint density at radius 3 is 2.57 bits per heavy atom. The average Bonchev–Trinajstić information content (AvgIpc) is 2.98. The van der Waals surface area contributed by atoms with E-state index in [2.05, 4.69) is 24.0 Å². The Morgan fingerprint density at radius 1 is 1.19 bits per heavy atom. The Bertz CT molecular complexity index is 331. The SMILES string of the molecule is CCCNC1(C(=O)OCC)CCCC(SC2CCCC2)C1. The maximum atomic E-state index is 12.5. The summed E-state index contributed by atoms with van der Waals surface area (Å²) in [4.78, 5) is 12.5. The second kappa shape index (κ2) is 8.42. The van der Waals surface area contributed by atoms with E-state index < -0.39 is 5.54 Å². The van der Waals surface area contributed by atoms with E-state index in [1.54, 1.807) is 0 Å². The molecule has 2 unspecified atom stereocenters. The first-order valence-corrected chi connectivity index (χ1v) is 9.72. The Balaban J connectivity index is 1.98. The van der Waals surface area contributed by atoms with Crippen LogP contribution >= 0.6 is 11.8 Å². The van der Waals surface area contributed by atoms with Gasteiger partial charge in [-0.25, -0.2) is 0 Å². The van der Waals surface area contributed by atoms with Crippen molar-refractivity contribution in [1.29, 1.82) is 0 Å². The third kappa shape index (κ3) is 4.62. The smallest absolute Gasteiger partial charge is 0.326 e. The van der Waals surface area contributed by atoms with E-state index in [1.165, 1.54) is 32.1 Å². The Labute approximate surface area is 134 Å². The van der Waals surface area contributed by atoms with Crippen LogP contribution in [-0.2, 0) is 9.53 Å². The summed E-state index contributed by atoms with van der Waals surface area (Å²) >= 11 is 2.15. The summed E-state index contributed by atoms with van der Waals surface area (Å²) in [5, 5.41) is 4.99. The highest BCUT2D eigenvalue weighted by atomic mass is 32.2. The molecule has 0 heterocycles. The van der Waals surface area contributed by atoms with Crippen molar-refractivity contribution in [2.75, 3.05) is 13.2 Å². The molecule has 2 aliphatic rings. The molecule has 0 aromatic heterocycles. The van der Waals surface area contributed by atoms with E-state index in [1.807, 2.05) is 6.92 Å². The van der Waals surface area contributed by atoms with E-state index >= 15 is 0 Å². The first kappa shape index (κ1) is 17.1. The topological polar surface area (TPSA) is 38.3 Å². The van der Waals surface area contributed by atoms with Gasteiger partial charge in [0.15, 0.2) is 0 Å². The van der Waals surface area contributed by atoms with Gasteiger partial charge in [-0.2, -0.15) is 11.8 Å². The van der Waals surface area contributed by atoms with Crippen molar-refractivity contribution in [2.45, 2.75) is 87.7 Å². The first-order chi connectivity index (χ1) is 10.2. The van der Waals surface area contributed by atoms with E-state index in [-0.39, 0.29) is 5.97 Å². The number of ether oxygens (including phenoxy) is 1. The van der Waals surface area contributed by atoms with Crippen LogP contribution in [-0.4, -0.2) is 35.2 Å². The van der Waals surface area contributed by atoms with Crippen LogP contribution in [0.15, 0.2) is 0 Å². The minimum absolute atomic E-state index is 0.0184. The third-order valence-electron chi connectivity index (χ3n) is 4.77. The second-order valence-corrected chi connectivity index (χ2v) is 8.10. The second-order valence-electron chi connectivity index (χ2n) is 6.49. The van der Waals surface area contributed by atoms with Crippen LogP contribution in [0.5, 0.6) is 0 Å². The monoisotopic (exact) mass is 313 g/mol. The fraction of sp³-hybridized carbons (Fsp3) is 0.941. The van der Waals surface area contributed by atoms with Crippen LogP contribution in [0.1, 0.15) is 71.6 Å². The molecule has 0 amide bonds. The zero-order valence-electron chi connectivity index (χ0n) is 13.7. The summed E-state index contributed by atoms with van der Waals surface area (Å²) < 4.78 is 5.39. The summed E-state index contributed by atoms with van der Waals surface area (Å²) in [7, 11) is 0. The highest BCUT2D eigenvalue weighted by Gasteiger charge is 2.44. The predicted octanol–water partition coefficient (Wildman–Crippen LogP) is 3.91. The largest absolute Gasteiger partial charge is 0.465 e. The Kier molecular flexibility index (Phi) is 6.87. The van der Waals surface area contributed by atoms with Gasteiger partial charge < -0.3 is 10.1 Å². The molecule has 122 valence electrons. The van der Waals surface area contributed by atoms with Gasteiger partial charge in [-0.3, -0.25) is 4.79 Å². The van der Waals surface area contributed by atoms with Crippen molar-refractivity contribution in [1.82, 2.24) is 5.32 Å². The maximum Gasteiger partial charge on any atom is 0.326 e. The highest BCUT2D eigenvalue weighted by Crippen LogP contribution is 2.41. The third-order valence-corrected chi connectivity index (χ3v) is 6.42. The summed E-state index contributed by atoms with van der Waals surface area (Å²) in [6.07, 6.45) is 10.9. The van der Waals surface area contributed by atoms with Gasteiger partial charge in [0, 0.05) is 10.5 Å². The minimum Gasteiger partial charge on any atom is -0.465 e. The van der Waals surface area contributed by atoms with Gasteiger partial charge in [0.2, 0.25) is 0 Å². The van der Waals surface area contributed by atoms with Gasteiger partial charge in [0.1, 0.15) is 5.54 Å². The average molecular weight is 314 g/mol. The van der Waals surface area contributed by atoms with Crippen molar-refractivity contribution in [3.05, 3.63) is 0 Å². The molecule has 0 aliphatic heterocycles. The molecule has 1 N–H and O–H groups in total. The molecule has 0 spiro atoms. The molecule has 21 heavy (non-hydrogen) atoms. The molecule has 2 aliphatic carbocycles. The van der Waals surface area contributed by atoms with Crippen LogP contribution in [0, 0.1) is 0 Å². The lowest BCUT2D eigenvalue weighted by molar-refractivity contribution is -0.152. The fourth-order valence-corrected chi connectivity index (χ4v) is 5.52. The number of nitrogens with one attached hydrogen (secondary N) is 1. The van der Waals surface area contributed by atoms with E-state index in [0.29, 0.717) is 11.9 Å². The van der Waals surface area contributed by atoms with Crippen molar-refractivity contribution in [2.24, 2.45) is 0 Å². The number of esters is 1. The summed E-state index contributed by atoms with van der Waals surface area (Å²) in [5.74, 6) is -0.0184. The van der Waals surface area contributed by atoms with Crippen molar-refractivity contribution in [3.8, 4) is 0 Å². The van der Waals surface area contributed by atoms with E-state index in [9.17, 15) is 4.79 Å². The first-order valence-electron chi connectivity index (χ1n) is 8.78. The molecule has 2 atom stereocenters. The van der Waals surface area contributed by atoms with Gasteiger partial charge in [-0.05, 0) is 58.4 Å². The Morgan fingerprint density at radius 2 is 1.90 bits per heavy atom. The summed E-state index contributed by atoms with van der Waals surface area (Å²) in [6.45, 7) is 5.44. The number of hydrogen-bond acceptors (Lipinski definition) is 4. The molecule has 0 radical (unpaired) electrons. The van der Waals surface area contributed by atoms with Gasteiger partial charge in [-0.15, -0.1) is 0 Å². The van der Waals surface area contributed by atoms with Crippen LogP contribution in [0.25, 0.3) is 0 Å². The van der Waals surface area contributed by atoms with Gasteiger partial charge in [0.05, 0.1) is 6.61 Å². The fourth-order valence-electron chi connectivity index (χ4n) is 3.69. The lowest BCUT2D eigenvalue weighted by Gasteiger charge is -2.40. The quantitative estimate of drug-likeness (QED) is 0.723. The number of rotatable bonds is 7. The van der Waals surface area contributed by atoms with Crippen LogP contribution < -0.4 is 5.32 Å². The van der Waals surface area contributed by atoms with Crippen molar-refractivity contribution < 1.29 is 9.53 Å². The van der Waals surface area contributed by atoms with Crippen molar-refractivity contribution >= 4 is 17.7 Å². The number of hydrogen-bond donors (Lipinski definition) is 1.